The normalized spacial score (nSPS) is 13.2. The number of anilines is 1. The second-order valence-electron chi connectivity index (χ2n) is 11.8. The number of nitrogens with zero attached hydrogens (tertiary/aromatic N) is 1. The molecule has 0 spiro atoms. The van der Waals surface area contributed by atoms with Gasteiger partial charge in [-0.25, -0.2) is 4.79 Å². The number of ether oxygens (including phenoxy) is 1. The van der Waals surface area contributed by atoms with Crippen LogP contribution >= 0.6 is 0 Å². The van der Waals surface area contributed by atoms with Crippen molar-refractivity contribution >= 4 is 23.6 Å². The molecule has 3 unspecified atom stereocenters. The molecule has 2 N–H and O–H groups in total. The Hall–Kier alpha value is -4.57. The van der Waals surface area contributed by atoms with Crippen molar-refractivity contribution in [3.05, 3.63) is 101 Å². The highest BCUT2D eigenvalue weighted by Gasteiger charge is 2.39. The maximum atomic E-state index is 14.7. The van der Waals surface area contributed by atoms with Crippen molar-refractivity contribution in [2.24, 2.45) is 0 Å². The molecule has 0 saturated heterocycles. The van der Waals surface area contributed by atoms with Gasteiger partial charge in [-0.15, -0.1) is 6.42 Å². The summed E-state index contributed by atoms with van der Waals surface area (Å²) in [4.78, 5) is 43.6. The van der Waals surface area contributed by atoms with Gasteiger partial charge in [-0.05, 0) is 76.3 Å². The smallest absolute Gasteiger partial charge is 0.408 e. The van der Waals surface area contributed by atoms with Gasteiger partial charge in [0.2, 0.25) is 5.91 Å². The molecule has 3 aromatic carbocycles. The Morgan fingerprint density at radius 2 is 1.53 bits per heavy atom. The van der Waals surface area contributed by atoms with Crippen molar-refractivity contribution in [2.45, 2.75) is 85.0 Å². The van der Waals surface area contributed by atoms with E-state index >= 15 is 0 Å². The van der Waals surface area contributed by atoms with Crippen molar-refractivity contribution in [1.29, 1.82) is 0 Å². The minimum Gasteiger partial charge on any atom is -0.444 e. The number of hydrogen-bond donors (Lipinski definition) is 2. The number of rotatable bonds is 10. The topological polar surface area (TPSA) is 87.7 Å². The van der Waals surface area contributed by atoms with E-state index in [9.17, 15) is 14.4 Å². The van der Waals surface area contributed by atoms with E-state index in [-0.39, 0.29) is 12.5 Å². The first-order valence-corrected chi connectivity index (χ1v) is 14.6. The zero-order chi connectivity index (χ0) is 31.7. The first-order chi connectivity index (χ1) is 20.4. The van der Waals surface area contributed by atoms with E-state index < -0.39 is 35.6 Å². The molecule has 3 aromatic rings. The van der Waals surface area contributed by atoms with Crippen LogP contribution in [-0.4, -0.2) is 40.5 Å². The number of carbonyl (C=O) groups is 3. The highest BCUT2D eigenvalue weighted by Crippen LogP contribution is 2.31. The highest BCUT2D eigenvalue weighted by atomic mass is 16.6. The molecule has 0 aliphatic rings. The van der Waals surface area contributed by atoms with Crippen molar-refractivity contribution in [3.63, 3.8) is 0 Å². The van der Waals surface area contributed by atoms with Crippen LogP contribution in [0.1, 0.15) is 74.9 Å². The molecule has 0 heterocycles. The first kappa shape index (κ1) is 32.9. The predicted octanol–water partition coefficient (Wildman–Crippen LogP) is 6.73. The summed E-state index contributed by atoms with van der Waals surface area (Å²) in [5.74, 6) is 1.87. The number of hydrogen-bond acceptors (Lipinski definition) is 4. The third kappa shape index (κ3) is 8.71. The van der Waals surface area contributed by atoms with Crippen molar-refractivity contribution in [1.82, 2.24) is 10.2 Å². The number of terminal acetylenes is 1. The number of benzene rings is 3. The van der Waals surface area contributed by atoms with Gasteiger partial charge in [0.1, 0.15) is 17.7 Å². The Balaban J connectivity index is 2.16. The average Bonchev–Trinajstić information content (AvgIpc) is 2.96. The fraction of sp³-hybridized carbons (Fsp3) is 0.361. The van der Waals surface area contributed by atoms with Gasteiger partial charge in [0.05, 0.1) is 0 Å². The van der Waals surface area contributed by atoms with E-state index in [1.165, 1.54) is 0 Å². The van der Waals surface area contributed by atoms with E-state index in [0.29, 0.717) is 23.2 Å². The minimum absolute atomic E-state index is 0.202. The molecule has 0 saturated carbocycles. The Bertz CT molecular complexity index is 1450. The number of amides is 3. The van der Waals surface area contributed by atoms with Crippen LogP contribution in [0.25, 0.3) is 0 Å². The van der Waals surface area contributed by atoms with E-state index in [0.717, 1.165) is 16.7 Å². The van der Waals surface area contributed by atoms with Crippen LogP contribution in [0.2, 0.25) is 0 Å². The van der Waals surface area contributed by atoms with E-state index in [1.807, 2.05) is 76.2 Å². The summed E-state index contributed by atoms with van der Waals surface area (Å²) in [6, 6.07) is 19.9. The quantitative estimate of drug-likeness (QED) is 0.260. The number of alkyl carbamates (subject to hydrolysis) is 1. The molecule has 0 bridgehead atoms. The van der Waals surface area contributed by atoms with Gasteiger partial charge >= 0.3 is 6.09 Å². The third-order valence-electron chi connectivity index (χ3n) is 7.26. The summed E-state index contributed by atoms with van der Waals surface area (Å²) in [6.07, 6.45) is 5.95. The molecule has 3 atom stereocenters. The molecule has 0 fully saturated rings. The van der Waals surface area contributed by atoms with E-state index in [1.54, 1.807) is 49.9 Å². The average molecular weight is 582 g/mol. The second kappa shape index (κ2) is 14.6. The zero-order valence-corrected chi connectivity index (χ0v) is 26.2. The molecular formula is C36H43N3O4. The van der Waals surface area contributed by atoms with E-state index in [4.69, 9.17) is 11.2 Å². The molecule has 3 rings (SSSR count). The first-order valence-electron chi connectivity index (χ1n) is 14.6. The number of aryl methyl sites for hydroxylation is 2. The van der Waals surface area contributed by atoms with Crippen molar-refractivity contribution < 1.29 is 19.1 Å². The fourth-order valence-electron chi connectivity index (χ4n) is 4.96. The third-order valence-corrected chi connectivity index (χ3v) is 7.26. The van der Waals surface area contributed by atoms with Crippen LogP contribution in [0.4, 0.5) is 10.5 Å². The summed E-state index contributed by atoms with van der Waals surface area (Å²) < 4.78 is 5.53. The molecule has 0 aliphatic carbocycles. The van der Waals surface area contributed by atoms with Crippen LogP contribution < -0.4 is 10.6 Å². The lowest BCUT2D eigenvalue weighted by Crippen LogP contribution is -2.55. The number of carbonyl (C=O) groups excluding carboxylic acids is 3. The summed E-state index contributed by atoms with van der Waals surface area (Å²) in [5, 5.41) is 5.89. The van der Waals surface area contributed by atoms with Gasteiger partial charge in [-0.2, -0.15) is 0 Å². The fourth-order valence-corrected chi connectivity index (χ4v) is 4.96. The Kier molecular flexibility index (Phi) is 11.1. The van der Waals surface area contributed by atoms with Gasteiger partial charge in [0.25, 0.3) is 5.91 Å². The van der Waals surface area contributed by atoms with Crippen molar-refractivity contribution in [3.8, 4) is 12.3 Å². The summed E-state index contributed by atoms with van der Waals surface area (Å²) in [6.45, 7) is 13.0. The van der Waals surface area contributed by atoms with Gasteiger partial charge in [-0.3, -0.25) is 9.59 Å². The molecule has 0 aliphatic heterocycles. The SMILES string of the molecule is C#Cc1ccccc1C(C(=O)Nc1c(C)cccc1C)N(C(=O)C(Cc1ccccc1)NC(=O)OC(C)(C)C)C(C)CC. The summed E-state index contributed by atoms with van der Waals surface area (Å²) in [7, 11) is 0. The highest BCUT2D eigenvalue weighted by molar-refractivity contribution is 6.00. The van der Waals surface area contributed by atoms with Gasteiger partial charge in [-0.1, -0.05) is 79.6 Å². The Morgan fingerprint density at radius 1 is 0.930 bits per heavy atom. The largest absolute Gasteiger partial charge is 0.444 e. The van der Waals surface area contributed by atoms with Crippen LogP contribution in [0.3, 0.4) is 0 Å². The second-order valence-corrected chi connectivity index (χ2v) is 11.8. The van der Waals surface area contributed by atoms with Crippen LogP contribution in [0, 0.1) is 26.2 Å². The van der Waals surface area contributed by atoms with Gasteiger partial charge in [0.15, 0.2) is 0 Å². The molecule has 43 heavy (non-hydrogen) atoms. The molecule has 3 amide bonds. The number of para-hydroxylation sites is 1. The Labute approximate surface area is 256 Å². The van der Waals surface area contributed by atoms with Crippen LogP contribution in [0.5, 0.6) is 0 Å². The molecular weight excluding hydrogens is 538 g/mol. The number of nitrogens with one attached hydrogen (secondary N) is 2. The molecule has 0 radical (unpaired) electrons. The van der Waals surface area contributed by atoms with Gasteiger partial charge < -0.3 is 20.3 Å². The standard InChI is InChI=1S/C36H43N3O4/c1-9-26(5)39(34(41)30(23-27-19-12-11-13-20-27)37-35(42)43-36(6,7)8)32(29-22-15-14-21-28(29)10-2)33(40)38-31-24(3)17-16-18-25(31)4/h2,11-22,26,30,32H,9,23H2,1,3-8H3,(H,37,42)(H,38,40). The van der Waals surface area contributed by atoms with Crippen LogP contribution in [0.15, 0.2) is 72.8 Å². The maximum Gasteiger partial charge on any atom is 0.408 e. The lowest BCUT2D eigenvalue weighted by Gasteiger charge is -2.38. The molecule has 0 aromatic heterocycles. The van der Waals surface area contributed by atoms with Crippen molar-refractivity contribution in [2.75, 3.05) is 5.32 Å². The zero-order valence-electron chi connectivity index (χ0n) is 26.2. The lowest BCUT2D eigenvalue weighted by molar-refractivity contribution is -0.143. The summed E-state index contributed by atoms with van der Waals surface area (Å²) >= 11 is 0. The predicted molar refractivity (Wildman–Crippen MR) is 172 cm³/mol. The van der Waals surface area contributed by atoms with Crippen LogP contribution in [-0.2, 0) is 20.7 Å². The lowest BCUT2D eigenvalue weighted by atomic mass is 9.94. The monoisotopic (exact) mass is 581 g/mol. The molecule has 226 valence electrons. The summed E-state index contributed by atoms with van der Waals surface area (Å²) in [5.41, 5.74) is 3.59. The minimum atomic E-state index is -1.08. The van der Waals surface area contributed by atoms with Gasteiger partial charge in [0, 0.05) is 23.7 Å². The molecule has 7 nitrogen and oxygen atoms in total. The van der Waals surface area contributed by atoms with E-state index in [2.05, 4.69) is 16.6 Å². The Morgan fingerprint density at radius 3 is 2.12 bits per heavy atom. The maximum absolute atomic E-state index is 14.7. The molecule has 7 heteroatoms.